The minimum Gasteiger partial charge on any atom is -0.387 e. The number of fused-ring (bicyclic) bond motifs is 5. The minimum atomic E-state index is -0.564. The Balaban J connectivity index is 1.26. The average molecular weight is 402 g/mol. The van der Waals surface area contributed by atoms with E-state index in [1.165, 1.54) is 51.4 Å². The van der Waals surface area contributed by atoms with E-state index >= 15 is 0 Å². The highest BCUT2D eigenvalue weighted by molar-refractivity contribution is 5.07. The molecule has 0 bridgehead atoms. The first-order chi connectivity index (χ1) is 14.0. The Labute approximate surface area is 175 Å². The number of hydrogen-bond acceptors (Lipinski definition) is 4. The monoisotopic (exact) mass is 401 g/mol. The van der Waals surface area contributed by atoms with E-state index in [1.54, 1.807) is 13.3 Å². The van der Waals surface area contributed by atoms with Crippen LogP contribution in [0.25, 0.3) is 0 Å². The molecule has 4 aliphatic carbocycles. The number of aliphatic hydroxyl groups is 1. The van der Waals surface area contributed by atoms with Gasteiger partial charge in [-0.3, -0.25) is 4.68 Å². The van der Waals surface area contributed by atoms with Crippen LogP contribution >= 0.6 is 0 Å². The lowest BCUT2D eigenvalue weighted by molar-refractivity contribution is -0.124. The van der Waals surface area contributed by atoms with Gasteiger partial charge in [0, 0.05) is 19.9 Å². The van der Waals surface area contributed by atoms with Crippen molar-refractivity contribution in [1.82, 2.24) is 15.0 Å². The number of rotatable bonds is 5. The number of methoxy groups -OCH3 is 1. The highest BCUT2D eigenvalue weighted by Gasteiger charge is 2.57. The van der Waals surface area contributed by atoms with Crippen LogP contribution in [-0.4, -0.2) is 39.4 Å². The van der Waals surface area contributed by atoms with Gasteiger partial charge >= 0.3 is 0 Å². The van der Waals surface area contributed by atoms with Crippen LogP contribution < -0.4 is 0 Å². The lowest BCUT2D eigenvalue weighted by atomic mass is 9.49. The number of aryl methyl sites for hydroxylation is 1. The zero-order valence-electron chi connectivity index (χ0n) is 18.3. The molecule has 4 aliphatic rings. The summed E-state index contributed by atoms with van der Waals surface area (Å²) in [6.45, 7) is 4.15. The summed E-state index contributed by atoms with van der Waals surface area (Å²) in [6.07, 6.45) is 16.6. The Hall–Kier alpha value is -0.940. The molecule has 0 amide bonds. The van der Waals surface area contributed by atoms with Crippen LogP contribution in [0.2, 0.25) is 0 Å². The second-order valence-corrected chi connectivity index (χ2v) is 11.1. The molecule has 1 heterocycles. The van der Waals surface area contributed by atoms with E-state index in [0.717, 1.165) is 54.9 Å². The fourth-order valence-electron chi connectivity index (χ4n) is 8.59. The van der Waals surface area contributed by atoms with Gasteiger partial charge in [0.25, 0.3) is 0 Å². The molecule has 1 aromatic rings. The molecule has 8 atom stereocenters. The quantitative estimate of drug-likeness (QED) is 0.798. The third kappa shape index (κ3) is 3.46. The molecule has 0 spiro atoms. The maximum atomic E-state index is 10.9. The highest BCUT2D eigenvalue weighted by Crippen LogP contribution is 2.65. The van der Waals surface area contributed by atoms with E-state index < -0.39 is 5.60 Å². The molecule has 1 N–H and O–H groups in total. The molecule has 5 rings (SSSR count). The largest absolute Gasteiger partial charge is 0.387 e. The van der Waals surface area contributed by atoms with Crippen LogP contribution in [0.1, 0.15) is 71.1 Å². The van der Waals surface area contributed by atoms with E-state index in [4.69, 9.17) is 4.74 Å². The van der Waals surface area contributed by atoms with Crippen molar-refractivity contribution >= 4 is 0 Å². The first-order valence-electron chi connectivity index (χ1n) is 12.1. The number of aromatic nitrogens is 3. The lowest BCUT2D eigenvalue weighted by Gasteiger charge is -2.57. The van der Waals surface area contributed by atoms with E-state index in [1.807, 2.05) is 10.9 Å². The van der Waals surface area contributed by atoms with Crippen LogP contribution in [0.15, 0.2) is 12.4 Å². The molecule has 0 aromatic carbocycles. The maximum absolute atomic E-state index is 10.9. The molecule has 5 heteroatoms. The van der Waals surface area contributed by atoms with Gasteiger partial charge in [-0.15, -0.1) is 5.10 Å². The lowest BCUT2D eigenvalue weighted by Crippen LogP contribution is -2.51. The van der Waals surface area contributed by atoms with Gasteiger partial charge in [-0.25, -0.2) is 0 Å². The van der Waals surface area contributed by atoms with E-state index in [0.29, 0.717) is 12.0 Å². The van der Waals surface area contributed by atoms with Crippen LogP contribution in [0, 0.1) is 40.9 Å². The van der Waals surface area contributed by atoms with Crippen molar-refractivity contribution in [3.05, 3.63) is 12.4 Å². The molecule has 4 fully saturated rings. The van der Waals surface area contributed by atoms with Gasteiger partial charge in [0.05, 0.1) is 18.4 Å². The third-order valence-corrected chi connectivity index (χ3v) is 9.89. The molecule has 0 aliphatic heterocycles. The van der Waals surface area contributed by atoms with Crippen molar-refractivity contribution in [3.63, 3.8) is 0 Å². The molecule has 4 saturated carbocycles. The molecular weight excluding hydrogens is 362 g/mol. The normalized spacial score (nSPS) is 46.7. The highest BCUT2D eigenvalue weighted by atomic mass is 16.5. The summed E-state index contributed by atoms with van der Waals surface area (Å²) in [7, 11) is 1.72. The van der Waals surface area contributed by atoms with Crippen LogP contribution in [0.3, 0.4) is 0 Å². The molecule has 162 valence electrons. The maximum Gasteiger partial charge on any atom is 0.0882 e. The van der Waals surface area contributed by atoms with E-state index in [-0.39, 0.29) is 0 Å². The molecule has 0 radical (unpaired) electrons. The third-order valence-electron chi connectivity index (χ3n) is 9.89. The zero-order valence-corrected chi connectivity index (χ0v) is 18.3. The van der Waals surface area contributed by atoms with Gasteiger partial charge in [0.15, 0.2) is 0 Å². The van der Waals surface area contributed by atoms with Gasteiger partial charge in [0.2, 0.25) is 0 Å². The van der Waals surface area contributed by atoms with Gasteiger partial charge in [0.1, 0.15) is 0 Å². The summed E-state index contributed by atoms with van der Waals surface area (Å²) in [5, 5.41) is 19.1. The van der Waals surface area contributed by atoms with Crippen molar-refractivity contribution in [2.24, 2.45) is 40.9 Å². The molecule has 5 nitrogen and oxygen atoms in total. The van der Waals surface area contributed by atoms with Crippen molar-refractivity contribution in [2.45, 2.75) is 83.3 Å². The first kappa shape index (κ1) is 20.0. The van der Waals surface area contributed by atoms with Crippen molar-refractivity contribution in [2.75, 3.05) is 13.7 Å². The van der Waals surface area contributed by atoms with Gasteiger partial charge < -0.3 is 9.84 Å². The van der Waals surface area contributed by atoms with E-state index in [2.05, 4.69) is 17.2 Å². The molecule has 1 aromatic heterocycles. The summed E-state index contributed by atoms with van der Waals surface area (Å²) in [5.41, 5.74) is -0.0359. The van der Waals surface area contributed by atoms with Crippen LogP contribution in [-0.2, 0) is 11.3 Å². The standard InChI is InChI=1S/C24H39N3O2/c1-23-10-7-20-19-8-11-24(28,16-29-2)15-17(19)3-5-21(20)22(23)6-4-18(23)9-13-27-14-12-25-26-27/h12,14,17-22,28H,3-11,13,15-16H2,1-2H3/t17-,18-,19+,20-,21-,22+,23-,24-/m1/s1. The number of ether oxygens (including phenoxy) is 1. The fourth-order valence-corrected chi connectivity index (χ4v) is 8.59. The Morgan fingerprint density at radius 3 is 2.72 bits per heavy atom. The second kappa shape index (κ2) is 7.64. The Bertz CT molecular complexity index is 694. The Morgan fingerprint density at radius 2 is 1.93 bits per heavy atom. The molecule has 29 heavy (non-hydrogen) atoms. The van der Waals surface area contributed by atoms with Crippen molar-refractivity contribution in [1.29, 1.82) is 0 Å². The predicted molar refractivity (Wildman–Crippen MR) is 112 cm³/mol. The van der Waals surface area contributed by atoms with Gasteiger partial charge in [-0.1, -0.05) is 12.1 Å². The van der Waals surface area contributed by atoms with Gasteiger partial charge in [-0.2, -0.15) is 0 Å². The fraction of sp³-hybridized carbons (Fsp3) is 0.917. The van der Waals surface area contributed by atoms with Crippen LogP contribution in [0.4, 0.5) is 0 Å². The smallest absolute Gasteiger partial charge is 0.0882 e. The summed E-state index contributed by atoms with van der Waals surface area (Å²) < 4.78 is 7.35. The zero-order chi connectivity index (χ0) is 20.1. The SMILES string of the molecule is COC[C@@]1(O)CC[C@H]2[C@H](CC[C@@H]3[C@@H]2CC[C@]2(C)[C@@H](CCn4ccnn4)CC[C@@H]32)C1. The van der Waals surface area contributed by atoms with Gasteiger partial charge in [-0.05, 0) is 105 Å². The second-order valence-electron chi connectivity index (χ2n) is 11.1. The summed E-state index contributed by atoms with van der Waals surface area (Å²) in [5.74, 6) is 5.17. The van der Waals surface area contributed by atoms with E-state index in [9.17, 15) is 5.11 Å². The minimum absolute atomic E-state index is 0.512. The van der Waals surface area contributed by atoms with Crippen molar-refractivity contribution in [3.8, 4) is 0 Å². The van der Waals surface area contributed by atoms with Crippen molar-refractivity contribution < 1.29 is 9.84 Å². The first-order valence-corrected chi connectivity index (χ1v) is 12.1. The Morgan fingerprint density at radius 1 is 1.07 bits per heavy atom. The number of hydrogen-bond donors (Lipinski definition) is 1. The summed E-state index contributed by atoms with van der Waals surface area (Å²) in [6, 6.07) is 0. The predicted octanol–water partition coefficient (Wildman–Crippen LogP) is 4.31. The summed E-state index contributed by atoms with van der Waals surface area (Å²) >= 11 is 0. The number of nitrogens with zero attached hydrogens (tertiary/aromatic N) is 3. The molecule has 0 saturated heterocycles. The molecular formula is C24H39N3O2. The molecule has 0 unspecified atom stereocenters. The van der Waals surface area contributed by atoms with Crippen LogP contribution in [0.5, 0.6) is 0 Å². The summed E-state index contributed by atoms with van der Waals surface area (Å²) in [4.78, 5) is 0. The Kier molecular flexibility index (Phi) is 5.26. The average Bonchev–Trinajstić information content (AvgIpc) is 3.33. The topological polar surface area (TPSA) is 60.2 Å².